The fourth-order valence-electron chi connectivity index (χ4n) is 8.67. The number of allylic oxidation sites excluding steroid dienone is 2. The van der Waals surface area contributed by atoms with Crippen molar-refractivity contribution in [2.24, 2.45) is 29.6 Å². The number of fused-ring (bicyclic) bond motifs is 2. The number of nitrogens with one attached hydrogen (secondary N) is 1. The van der Waals surface area contributed by atoms with Gasteiger partial charge in [0, 0.05) is 54.9 Å². The molecule has 0 saturated heterocycles. The molecule has 0 fully saturated rings. The number of phenols is 1. The summed E-state index contributed by atoms with van der Waals surface area (Å²) in [6, 6.07) is 5.20. The molecule has 2 aromatic rings. The lowest BCUT2D eigenvalue weighted by Gasteiger charge is -2.40. The number of Topliss-reactive ketones (excluding diaryl/α,β-unsaturated/α-hetero) is 1. The Morgan fingerprint density at radius 3 is 2.33 bits per heavy atom. The molecule has 0 spiro atoms. The second-order valence-electron chi connectivity index (χ2n) is 20.1. The lowest BCUT2D eigenvalue weighted by atomic mass is 9.73. The van der Waals surface area contributed by atoms with E-state index in [9.17, 15) is 29.4 Å². The fraction of sp³-hybridized carbons (Fsp3) is 0.491. The molecular weight excluding hydrogens is 855 g/mol. The van der Waals surface area contributed by atoms with Crippen molar-refractivity contribution in [1.29, 1.82) is 0 Å². The van der Waals surface area contributed by atoms with E-state index in [1.807, 2.05) is 34.6 Å². The number of nitrogens with zero attached hydrogens (tertiary/aromatic N) is 2. The number of carbonyl (C=O) groups is 3. The average Bonchev–Trinajstić information content (AvgIpc) is 3.53. The maximum atomic E-state index is 14.8. The van der Waals surface area contributed by atoms with Crippen molar-refractivity contribution in [3.05, 3.63) is 81.3 Å². The van der Waals surface area contributed by atoms with Gasteiger partial charge in [-0.2, -0.15) is 0 Å². The predicted molar refractivity (Wildman–Crippen MR) is 258 cm³/mol. The lowest BCUT2D eigenvalue weighted by molar-refractivity contribution is -0.929. The monoisotopic (exact) mass is 920 g/mol. The van der Waals surface area contributed by atoms with Crippen LogP contribution in [0.2, 0.25) is 0 Å². The van der Waals surface area contributed by atoms with Crippen LogP contribution < -0.4 is 15.5 Å². The molecule has 4 bridgehead atoms. The van der Waals surface area contributed by atoms with Gasteiger partial charge in [0.25, 0.3) is 11.7 Å². The molecule has 4 aliphatic rings. The number of aliphatic hydroxyl groups is 1. The summed E-state index contributed by atoms with van der Waals surface area (Å²) in [7, 11) is 5.73. The maximum absolute atomic E-state index is 14.8. The second-order valence-corrected chi connectivity index (χ2v) is 20.1. The summed E-state index contributed by atoms with van der Waals surface area (Å²) in [5, 5.41) is 25.9. The van der Waals surface area contributed by atoms with E-state index in [1.165, 1.54) is 34.1 Å². The number of aliphatic hydroxyl groups excluding tert-OH is 1. The molecule has 3 N–H and O–H groups in total. The van der Waals surface area contributed by atoms with E-state index >= 15 is 0 Å². The average molecular weight is 921 g/mol. The number of benzene rings is 3. The van der Waals surface area contributed by atoms with Crippen molar-refractivity contribution in [3.63, 3.8) is 0 Å². The lowest BCUT2D eigenvalue weighted by Crippen LogP contribution is -2.54. The molecule has 1 amide bonds. The number of ketones is 1. The molecule has 0 unspecified atom stereocenters. The van der Waals surface area contributed by atoms with Crippen LogP contribution in [0.3, 0.4) is 0 Å². The van der Waals surface area contributed by atoms with E-state index in [2.05, 4.69) is 52.0 Å². The molecule has 6 rings (SSSR count). The van der Waals surface area contributed by atoms with E-state index < -0.39 is 58.9 Å². The smallest absolute Gasteiger partial charge is 0.312 e. The first kappa shape index (κ1) is 50.4. The minimum absolute atomic E-state index is 0.00445. The largest absolute Gasteiger partial charge is 0.507 e. The third kappa shape index (κ3) is 9.60. The van der Waals surface area contributed by atoms with Crippen LogP contribution in [0.5, 0.6) is 11.5 Å². The topological polar surface area (TPSA) is 184 Å². The summed E-state index contributed by atoms with van der Waals surface area (Å²) in [6.45, 7) is 22.5. The third-order valence-corrected chi connectivity index (χ3v) is 14.4. The van der Waals surface area contributed by atoms with Crippen LogP contribution in [0.25, 0.3) is 33.3 Å². The molecule has 67 heavy (non-hydrogen) atoms. The summed E-state index contributed by atoms with van der Waals surface area (Å²) in [5.41, 5.74) is 0.278. The highest BCUT2D eigenvalue weighted by atomic mass is 16.7. The SMILES string of the molecule is CO[C@H]1/C=C/O[C@@]2(C)Oc3c(C)c(O)c4c(=O)c(c5oc6cc(C#CC[N+](C)(C)C(C)(C)C)ccc6nc-5c4c3C2=O)NC(=O)/C(C)=C\C=C\[C@H](C)[C@H](O)[C@@H](C)[C@@H](C)[C@@H](C)[C@H](OC(C)=O)[C@@H]1C. The summed E-state index contributed by atoms with van der Waals surface area (Å²) < 4.78 is 31.4. The zero-order valence-electron chi connectivity index (χ0n) is 41.4. The number of hydrogen-bond donors (Lipinski definition) is 3. The molecule has 0 aromatic heterocycles. The number of ether oxygens (including phenoxy) is 4. The summed E-state index contributed by atoms with van der Waals surface area (Å²) in [5.74, 6) is 0.587. The first-order chi connectivity index (χ1) is 31.2. The molecule has 3 aliphatic heterocycles. The molecule has 9 atom stereocenters. The summed E-state index contributed by atoms with van der Waals surface area (Å²) in [4.78, 5) is 61.1. The third-order valence-electron chi connectivity index (χ3n) is 14.4. The molecule has 0 radical (unpaired) electrons. The zero-order valence-corrected chi connectivity index (χ0v) is 41.4. The zero-order chi connectivity index (χ0) is 49.7. The van der Waals surface area contributed by atoms with Crippen LogP contribution in [-0.4, -0.2) is 94.7 Å². The molecule has 0 saturated carbocycles. The Hall–Kier alpha value is -6.01. The summed E-state index contributed by atoms with van der Waals surface area (Å²) in [6.07, 6.45) is 5.76. The predicted octanol–water partition coefficient (Wildman–Crippen LogP) is 8.45. The molecule has 1 aliphatic carbocycles. The molecule has 14 nitrogen and oxygen atoms in total. The molecule has 14 heteroatoms. The number of hydrogen-bond acceptors (Lipinski definition) is 12. The van der Waals surface area contributed by atoms with Gasteiger partial charge in [-0.15, -0.1) is 0 Å². The van der Waals surface area contributed by atoms with E-state index in [0.717, 1.165) is 0 Å². The van der Waals surface area contributed by atoms with Crippen molar-refractivity contribution >= 4 is 45.2 Å². The Balaban J connectivity index is 1.58. The van der Waals surface area contributed by atoms with Crippen molar-refractivity contribution < 1.29 is 52.4 Å². The molecule has 3 heterocycles. The minimum atomic E-state index is -2.00. The van der Waals surface area contributed by atoms with Gasteiger partial charge in [-0.1, -0.05) is 58.8 Å². The quantitative estimate of drug-likeness (QED) is 0.0587. The first-order valence-corrected chi connectivity index (χ1v) is 22.8. The van der Waals surface area contributed by atoms with Crippen LogP contribution in [0, 0.1) is 48.4 Å². The van der Waals surface area contributed by atoms with Crippen LogP contribution >= 0.6 is 0 Å². The van der Waals surface area contributed by atoms with Crippen molar-refractivity contribution in [2.75, 3.05) is 33.1 Å². The Morgan fingerprint density at radius 2 is 1.69 bits per heavy atom. The van der Waals surface area contributed by atoms with Crippen molar-refractivity contribution in [3.8, 4) is 34.8 Å². The number of quaternary nitrogens is 1. The normalized spacial score (nSPS) is 28.3. The van der Waals surface area contributed by atoms with Gasteiger partial charge in [-0.3, -0.25) is 19.2 Å². The van der Waals surface area contributed by atoms with Crippen molar-refractivity contribution in [1.82, 2.24) is 4.98 Å². The van der Waals surface area contributed by atoms with Gasteiger partial charge in [-0.05, 0) is 82.6 Å². The van der Waals surface area contributed by atoms with E-state index in [4.69, 9.17) is 28.3 Å². The Morgan fingerprint density at radius 1 is 1.00 bits per heavy atom. The summed E-state index contributed by atoms with van der Waals surface area (Å²) >= 11 is 0. The number of carbonyl (C=O) groups excluding carboxylic acids is 3. The Bertz CT molecular complexity index is 2800. The number of phenolic OH excluding ortho intramolecular Hbond substituents is 1. The Labute approximate surface area is 392 Å². The van der Waals surface area contributed by atoms with E-state index in [0.29, 0.717) is 22.1 Å². The standard InChI is InChI=1S/C53H65N3O11/c1-27-18-16-19-28(2)51(62)55-43-46(60)40-39(42-49(43)66-38-26-35(21-22-36(38)54-42)20-17-24-56(13,14)52(9,10)11)41-48(33(7)45(40)59)67-53(12,50(41)61)64-25-23-37(63-15)32(6)47(65-34(8)57)31(5)29(3)30(4)44(27)58/h16,18-19,21-23,25-27,29-32,37,44,47,58H,24H2,1-15H3,(H-,54,55,59,60,61,62)/p+1/b18-16+,25-23+,28-19-/t27-,29+,30-,31+,32+,37-,44-,47-,53-/m0/s1. The number of aromatic nitrogens is 1. The van der Waals surface area contributed by atoms with Gasteiger partial charge in [-0.25, -0.2) is 4.98 Å². The van der Waals surface area contributed by atoms with Crippen molar-refractivity contribution in [2.45, 2.75) is 113 Å². The highest BCUT2D eigenvalue weighted by Gasteiger charge is 2.50. The Kier molecular flexibility index (Phi) is 14.2. The maximum Gasteiger partial charge on any atom is 0.312 e. The van der Waals surface area contributed by atoms with E-state index in [1.54, 1.807) is 49.4 Å². The number of methoxy groups -OCH3 is 1. The minimum Gasteiger partial charge on any atom is -0.507 e. The number of rotatable bonds is 3. The molecule has 358 valence electrons. The highest BCUT2D eigenvalue weighted by Crippen LogP contribution is 2.50. The molecule has 2 aromatic carbocycles. The fourth-order valence-corrected chi connectivity index (χ4v) is 8.67. The second kappa shape index (κ2) is 18.9. The highest BCUT2D eigenvalue weighted by molar-refractivity contribution is 6.22. The van der Waals surface area contributed by atoms with Crippen LogP contribution in [0.4, 0.5) is 5.69 Å². The number of anilines is 1. The number of amides is 1. The van der Waals surface area contributed by atoms with Gasteiger partial charge in [0.1, 0.15) is 41.0 Å². The van der Waals surface area contributed by atoms with Crippen LogP contribution in [0.15, 0.2) is 63.6 Å². The number of esters is 1. The van der Waals surface area contributed by atoms with Gasteiger partial charge in [0.2, 0.25) is 5.43 Å². The van der Waals surface area contributed by atoms with Crippen LogP contribution in [-0.2, 0) is 23.8 Å². The van der Waals surface area contributed by atoms with Gasteiger partial charge >= 0.3 is 11.8 Å². The van der Waals surface area contributed by atoms with Gasteiger partial charge < -0.3 is 43.4 Å². The van der Waals surface area contributed by atoms with Crippen LogP contribution in [0.1, 0.15) is 97.6 Å². The van der Waals surface area contributed by atoms with Gasteiger partial charge in [0.05, 0.1) is 49.1 Å². The van der Waals surface area contributed by atoms with Gasteiger partial charge in [0.15, 0.2) is 11.3 Å². The number of aromatic hydroxyl groups is 1. The molecular formula is C53H66N3O11+. The first-order valence-electron chi connectivity index (χ1n) is 22.8. The van der Waals surface area contributed by atoms with E-state index in [-0.39, 0.29) is 85.2 Å².